The van der Waals surface area contributed by atoms with Gasteiger partial charge in [-0.2, -0.15) is 5.10 Å². The van der Waals surface area contributed by atoms with E-state index in [1.807, 2.05) is 29.0 Å². The maximum Gasteiger partial charge on any atom is 0.205 e. The Morgan fingerprint density at radius 1 is 1.43 bits per heavy atom. The van der Waals surface area contributed by atoms with Gasteiger partial charge in [-0.15, -0.1) is 11.3 Å². The number of nitrogen functional groups attached to an aromatic ring is 1. The SMILES string of the molecule is Nc1csc(NN=Cc2ccc(-n3ccnc3)c(Br)c2)n1. The van der Waals surface area contributed by atoms with Gasteiger partial charge in [0.25, 0.3) is 0 Å². The number of thiazole rings is 1. The van der Waals surface area contributed by atoms with Crippen LogP contribution in [0, 0.1) is 0 Å². The predicted molar refractivity (Wildman–Crippen MR) is 89.0 cm³/mol. The smallest absolute Gasteiger partial charge is 0.205 e. The molecule has 0 unspecified atom stereocenters. The summed E-state index contributed by atoms with van der Waals surface area (Å²) in [5.41, 5.74) is 10.4. The molecule has 0 radical (unpaired) electrons. The number of nitrogens with zero attached hydrogens (tertiary/aromatic N) is 4. The quantitative estimate of drug-likeness (QED) is 0.551. The Bertz CT molecular complexity index is 765. The molecule has 2 heterocycles. The molecule has 0 saturated heterocycles. The molecule has 0 spiro atoms. The van der Waals surface area contributed by atoms with Crippen LogP contribution >= 0.6 is 27.3 Å². The van der Waals surface area contributed by atoms with Crippen LogP contribution in [0.2, 0.25) is 0 Å². The van der Waals surface area contributed by atoms with E-state index in [4.69, 9.17) is 5.73 Å². The van der Waals surface area contributed by atoms with Gasteiger partial charge >= 0.3 is 0 Å². The zero-order chi connectivity index (χ0) is 14.7. The predicted octanol–water partition coefficient (Wildman–Crippen LogP) is 3.12. The van der Waals surface area contributed by atoms with E-state index in [2.05, 4.69) is 36.4 Å². The highest BCUT2D eigenvalue weighted by molar-refractivity contribution is 9.10. The van der Waals surface area contributed by atoms with Gasteiger partial charge in [-0.3, -0.25) is 5.43 Å². The summed E-state index contributed by atoms with van der Waals surface area (Å²) in [6, 6.07) is 5.95. The molecule has 2 aromatic heterocycles. The van der Waals surface area contributed by atoms with E-state index in [1.165, 1.54) is 11.3 Å². The van der Waals surface area contributed by atoms with Crippen LogP contribution in [0.1, 0.15) is 5.56 Å². The van der Waals surface area contributed by atoms with E-state index >= 15 is 0 Å². The number of aromatic nitrogens is 3. The topological polar surface area (TPSA) is 81.1 Å². The van der Waals surface area contributed by atoms with Crippen LogP contribution in [-0.4, -0.2) is 20.7 Å². The van der Waals surface area contributed by atoms with Crippen LogP contribution in [0.5, 0.6) is 0 Å². The van der Waals surface area contributed by atoms with Crippen molar-refractivity contribution in [2.45, 2.75) is 0 Å². The molecular formula is C13H11BrN6S. The van der Waals surface area contributed by atoms with Crippen molar-refractivity contribution in [3.8, 4) is 5.69 Å². The lowest BCUT2D eigenvalue weighted by Crippen LogP contribution is -1.94. The summed E-state index contributed by atoms with van der Waals surface area (Å²) in [5, 5.41) is 6.56. The molecule has 106 valence electrons. The summed E-state index contributed by atoms with van der Waals surface area (Å²) in [4.78, 5) is 8.10. The average Bonchev–Trinajstić information content (AvgIpc) is 3.11. The number of hydrazone groups is 1. The Hall–Kier alpha value is -2.19. The average molecular weight is 363 g/mol. The Balaban J connectivity index is 1.73. The first-order valence-corrected chi connectivity index (χ1v) is 7.67. The zero-order valence-electron chi connectivity index (χ0n) is 10.8. The number of rotatable bonds is 4. The Morgan fingerprint density at radius 3 is 3.00 bits per heavy atom. The molecule has 0 aliphatic rings. The lowest BCUT2D eigenvalue weighted by molar-refractivity contribution is 1.05. The minimum absolute atomic E-state index is 0.491. The van der Waals surface area contributed by atoms with E-state index in [9.17, 15) is 0 Å². The Kier molecular flexibility index (Phi) is 3.98. The fourth-order valence-corrected chi connectivity index (χ4v) is 2.86. The van der Waals surface area contributed by atoms with Gasteiger partial charge in [0.2, 0.25) is 5.13 Å². The van der Waals surface area contributed by atoms with Crippen molar-refractivity contribution in [1.29, 1.82) is 0 Å². The van der Waals surface area contributed by atoms with Crippen LogP contribution < -0.4 is 11.2 Å². The molecule has 0 aliphatic carbocycles. The molecule has 0 saturated carbocycles. The van der Waals surface area contributed by atoms with Crippen molar-refractivity contribution >= 4 is 44.4 Å². The minimum atomic E-state index is 0.491. The van der Waals surface area contributed by atoms with E-state index in [0.29, 0.717) is 10.9 Å². The van der Waals surface area contributed by atoms with Gasteiger partial charge in [-0.1, -0.05) is 6.07 Å². The monoisotopic (exact) mass is 362 g/mol. The van der Waals surface area contributed by atoms with Crippen LogP contribution in [0.4, 0.5) is 10.9 Å². The van der Waals surface area contributed by atoms with Gasteiger partial charge in [0.1, 0.15) is 5.82 Å². The highest BCUT2D eigenvalue weighted by atomic mass is 79.9. The molecule has 8 heteroatoms. The van der Waals surface area contributed by atoms with E-state index < -0.39 is 0 Å². The first-order valence-electron chi connectivity index (χ1n) is 6.00. The van der Waals surface area contributed by atoms with Crippen molar-refractivity contribution in [2.75, 3.05) is 11.2 Å². The van der Waals surface area contributed by atoms with E-state index in [-0.39, 0.29) is 0 Å². The van der Waals surface area contributed by atoms with E-state index in [0.717, 1.165) is 15.7 Å². The lowest BCUT2D eigenvalue weighted by atomic mass is 10.2. The lowest BCUT2D eigenvalue weighted by Gasteiger charge is -2.05. The van der Waals surface area contributed by atoms with Crippen molar-refractivity contribution in [2.24, 2.45) is 5.10 Å². The molecular weight excluding hydrogens is 352 g/mol. The second kappa shape index (κ2) is 6.06. The molecule has 0 aliphatic heterocycles. The van der Waals surface area contributed by atoms with Crippen LogP contribution in [0.3, 0.4) is 0 Å². The normalized spacial score (nSPS) is 11.1. The van der Waals surface area contributed by atoms with Crippen molar-refractivity contribution in [3.63, 3.8) is 0 Å². The zero-order valence-corrected chi connectivity index (χ0v) is 13.2. The van der Waals surface area contributed by atoms with Crippen molar-refractivity contribution < 1.29 is 0 Å². The van der Waals surface area contributed by atoms with Gasteiger partial charge in [0.15, 0.2) is 0 Å². The third-order valence-corrected chi connectivity index (χ3v) is 4.05. The highest BCUT2D eigenvalue weighted by Crippen LogP contribution is 2.22. The van der Waals surface area contributed by atoms with Crippen molar-refractivity contribution in [1.82, 2.24) is 14.5 Å². The molecule has 3 aromatic rings. The van der Waals surface area contributed by atoms with E-state index in [1.54, 1.807) is 24.1 Å². The van der Waals surface area contributed by atoms with Crippen molar-refractivity contribution in [3.05, 3.63) is 52.3 Å². The number of nitrogens with two attached hydrogens (primary N) is 1. The van der Waals surface area contributed by atoms with Gasteiger partial charge in [0, 0.05) is 22.2 Å². The van der Waals surface area contributed by atoms with Gasteiger partial charge in [0.05, 0.1) is 18.2 Å². The molecule has 0 bridgehead atoms. The standard InChI is InChI=1S/C13H11BrN6S/c14-10-5-9(1-2-11(10)20-4-3-16-8-20)6-17-19-13-18-12(15)7-21-13/h1-8H,15H2,(H,18,19). The molecule has 0 atom stereocenters. The molecule has 0 amide bonds. The fourth-order valence-electron chi connectivity index (χ4n) is 1.71. The third-order valence-electron chi connectivity index (χ3n) is 2.65. The minimum Gasteiger partial charge on any atom is -0.383 e. The van der Waals surface area contributed by atoms with Gasteiger partial charge in [-0.05, 0) is 33.6 Å². The van der Waals surface area contributed by atoms with Crippen LogP contribution in [-0.2, 0) is 0 Å². The molecule has 3 rings (SSSR count). The largest absolute Gasteiger partial charge is 0.383 e. The summed E-state index contributed by atoms with van der Waals surface area (Å²) in [5.74, 6) is 0.491. The van der Waals surface area contributed by atoms with Crippen LogP contribution in [0.15, 0.2) is 51.9 Å². The second-order valence-corrected chi connectivity index (χ2v) is 5.84. The highest BCUT2D eigenvalue weighted by Gasteiger charge is 2.02. The fraction of sp³-hybridized carbons (Fsp3) is 0. The number of anilines is 2. The number of hydrogen-bond acceptors (Lipinski definition) is 6. The molecule has 21 heavy (non-hydrogen) atoms. The number of benzene rings is 1. The number of halogens is 1. The summed E-state index contributed by atoms with van der Waals surface area (Å²) in [6.07, 6.45) is 7.11. The Morgan fingerprint density at radius 2 is 2.33 bits per heavy atom. The summed E-state index contributed by atoms with van der Waals surface area (Å²) >= 11 is 4.96. The van der Waals surface area contributed by atoms with Gasteiger partial charge < -0.3 is 10.3 Å². The summed E-state index contributed by atoms with van der Waals surface area (Å²) in [7, 11) is 0. The second-order valence-electron chi connectivity index (χ2n) is 4.13. The number of imidazole rings is 1. The molecule has 3 N–H and O–H groups in total. The first kappa shape index (κ1) is 13.8. The number of hydrogen-bond donors (Lipinski definition) is 2. The van der Waals surface area contributed by atoms with Gasteiger partial charge in [-0.25, -0.2) is 9.97 Å². The number of nitrogens with one attached hydrogen (secondary N) is 1. The summed E-state index contributed by atoms with van der Waals surface area (Å²) < 4.78 is 2.89. The third kappa shape index (κ3) is 3.29. The first-order chi connectivity index (χ1) is 10.2. The van der Waals surface area contributed by atoms with Crippen LogP contribution in [0.25, 0.3) is 5.69 Å². The summed E-state index contributed by atoms with van der Waals surface area (Å²) in [6.45, 7) is 0. The molecule has 1 aromatic carbocycles. The maximum absolute atomic E-state index is 5.54. The molecule has 6 nitrogen and oxygen atoms in total. The maximum atomic E-state index is 5.54. The molecule has 0 fully saturated rings. The Labute approximate surface area is 133 Å².